The molecule has 6 nitrogen and oxygen atoms in total. The summed E-state index contributed by atoms with van der Waals surface area (Å²) in [5.41, 5.74) is 3.89. The molecule has 0 saturated carbocycles. The van der Waals surface area contributed by atoms with Crippen LogP contribution < -0.4 is 5.32 Å². The van der Waals surface area contributed by atoms with E-state index in [1.54, 1.807) is 12.1 Å². The summed E-state index contributed by atoms with van der Waals surface area (Å²) in [6.45, 7) is 4.43. The number of carbonyl (C=O) groups is 2. The number of aryl methyl sites for hydroxylation is 2. The van der Waals surface area contributed by atoms with Crippen LogP contribution in [0.15, 0.2) is 76.4 Å². The van der Waals surface area contributed by atoms with Crippen LogP contribution in [0.1, 0.15) is 22.5 Å². The minimum Gasteiger partial charge on any atom is -0.375 e. The second-order valence-electron chi connectivity index (χ2n) is 7.72. The molecule has 0 saturated heterocycles. The summed E-state index contributed by atoms with van der Waals surface area (Å²) in [6.07, 6.45) is 0.584. The number of nitrogens with zero attached hydrogens (tertiary/aromatic N) is 3. The summed E-state index contributed by atoms with van der Waals surface area (Å²) in [5.74, 6) is -0.668. The molecule has 1 aliphatic heterocycles. The third kappa shape index (κ3) is 5.61. The molecule has 2 amide bonds. The van der Waals surface area contributed by atoms with E-state index in [0.29, 0.717) is 34.6 Å². The van der Waals surface area contributed by atoms with E-state index >= 15 is 0 Å². The largest absolute Gasteiger partial charge is 0.375 e. The first-order valence-corrected chi connectivity index (χ1v) is 11.7. The number of halogens is 1. The normalized spacial score (nSPS) is 13.7. The molecule has 0 fully saturated rings. The van der Waals surface area contributed by atoms with Crippen LogP contribution in [0, 0.1) is 13.8 Å². The lowest BCUT2D eigenvalue weighted by Crippen LogP contribution is -2.35. The van der Waals surface area contributed by atoms with E-state index in [2.05, 4.69) is 15.3 Å². The Morgan fingerprint density at radius 3 is 2.24 bits per heavy atom. The van der Waals surface area contributed by atoms with Crippen molar-refractivity contribution in [1.29, 1.82) is 0 Å². The van der Waals surface area contributed by atoms with Gasteiger partial charge in [-0.15, -0.1) is 0 Å². The predicted molar refractivity (Wildman–Crippen MR) is 130 cm³/mol. The molecule has 0 spiro atoms. The van der Waals surface area contributed by atoms with Crippen LogP contribution in [0.5, 0.6) is 0 Å². The first kappa shape index (κ1) is 23.0. The van der Waals surface area contributed by atoms with Gasteiger partial charge >= 0.3 is 0 Å². The van der Waals surface area contributed by atoms with Crippen molar-refractivity contribution >= 4 is 35.2 Å². The molecule has 1 aromatic heterocycles. The number of imide groups is 1. The number of hydrogen-bond donors (Lipinski definition) is 1. The minimum atomic E-state index is -0.336. The highest BCUT2D eigenvalue weighted by molar-refractivity contribution is 8.04. The number of benzene rings is 2. The molecule has 0 aliphatic carbocycles. The van der Waals surface area contributed by atoms with E-state index < -0.39 is 0 Å². The van der Waals surface area contributed by atoms with Crippen molar-refractivity contribution in [3.05, 3.63) is 98.8 Å². The Kier molecular flexibility index (Phi) is 7.11. The van der Waals surface area contributed by atoms with Crippen LogP contribution in [0.2, 0.25) is 5.02 Å². The highest BCUT2D eigenvalue weighted by atomic mass is 35.5. The van der Waals surface area contributed by atoms with Crippen molar-refractivity contribution in [2.24, 2.45) is 0 Å². The quantitative estimate of drug-likeness (QED) is 0.381. The van der Waals surface area contributed by atoms with Crippen molar-refractivity contribution in [2.75, 3.05) is 6.54 Å². The highest BCUT2D eigenvalue weighted by Crippen LogP contribution is 2.33. The lowest BCUT2D eigenvalue weighted by Gasteiger charge is -2.15. The van der Waals surface area contributed by atoms with Crippen LogP contribution >= 0.6 is 23.4 Å². The van der Waals surface area contributed by atoms with Gasteiger partial charge in [0.25, 0.3) is 11.8 Å². The number of aromatic nitrogens is 2. The molecule has 8 heteroatoms. The molecule has 0 bridgehead atoms. The standard InChI is InChI=1S/C25H23ClN4O2S/c1-16-14-17(2)29-25(28-16)33-22-21(27-15-19-8-10-20(26)11-9-19)23(31)30(24(22)32)13-12-18-6-4-3-5-7-18/h3-11,14,27H,12-13,15H2,1-2H3. The number of thioether (sulfide) groups is 1. The second-order valence-corrected chi connectivity index (χ2v) is 9.13. The van der Waals surface area contributed by atoms with Gasteiger partial charge in [-0.2, -0.15) is 0 Å². The molecular weight excluding hydrogens is 456 g/mol. The van der Waals surface area contributed by atoms with Gasteiger partial charge in [0, 0.05) is 29.5 Å². The van der Waals surface area contributed by atoms with Crippen molar-refractivity contribution < 1.29 is 9.59 Å². The molecule has 0 radical (unpaired) electrons. The monoisotopic (exact) mass is 478 g/mol. The van der Waals surface area contributed by atoms with Gasteiger partial charge in [-0.05, 0) is 61.4 Å². The van der Waals surface area contributed by atoms with Gasteiger partial charge in [0.05, 0.1) is 0 Å². The maximum Gasteiger partial charge on any atom is 0.278 e. The third-order valence-corrected chi connectivity index (χ3v) is 6.33. The average molecular weight is 479 g/mol. The minimum absolute atomic E-state index is 0.274. The van der Waals surface area contributed by atoms with Crippen molar-refractivity contribution in [3.8, 4) is 0 Å². The Morgan fingerprint density at radius 1 is 0.909 bits per heavy atom. The molecule has 2 aromatic carbocycles. The first-order valence-electron chi connectivity index (χ1n) is 10.5. The summed E-state index contributed by atoms with van der Waals surface area (Å²) in [4.78, 5) is 37.0. The number of carbonyl (C=O) groups excluding carboxylic acids is 2. The zero-order valence-electron chi connectivity index (χ0n) is 18.3. The molecule has 1 aliphatic rings. The van der Waals surface area contributed by atoms with Gasteiger partial charge in [-0.25, -0.2) is 9.97 Å². The predicted octanol–water partition coefficient (Wildman–Crippen LogP) is 4.45. The Morgan fingerprint density at radius 2 is 1.58 bits per heavy atom. The number of amides is 2. The fourth-order valence-corrected chi connectivity index (χ4v) is 4.66. The smallest absolute Gasteiger partial charge is 0.278 e. The molecule has 0 atom stereocenters. The van der Waals surface area contributed by atoms with Gasteiger partial charge in [0.1, 0.15) is 10.6 Å². The zero-order valence-corrected chi connectivity index (χ0v) is 19.9. The maximum absolute atomic E-state index is 13.3. The van der Waals surface area contributed by atoms with E-state index in [1.807, 2.05) is 62.4 Å². The summed E-state index contributed by atoms with van der Waals surface area (Å²) < 4.78 is 0. The first-order chi connectivity index (χ1) is 15.9. The lowest BCUT2D eigenvalue weighted by atomic mass is 10.1. The Balaban J connectivity index is 1.58. The maximum atomic E-state index is 13.3. The molecule has 0 unspecified atom stereocenters. The SMILES string of the molecule is Cc1cc(C)nc(SC2=C(NCc3ccc(Cl)cc3)C(=O)N(CCc3ccccc3)C2=O)n1. The summed E-state index contributed by atoms with van der Waals surface area (Å²) >= 11 is 7.10. The topological polar surface area (TPSA) is 75.2 Å². The number of nitrogens with one attached hydrogen (secondary N) is 1. The van der Waals surface area contributed by atoms with Gasteiger partial charge in [0.15, 0.2) is 5.16 Å². The molecule has 2 heterocycles. The summed E-state index contributed by atoms with van der Waals surface area (Å²) in [5, 5.41) is 4.26. The average Bonchev–Trinajstić information content (AvgIpc) is 3.00. The number of rotatable bonds is 8. The van der Waals surface area contributed by atoms with E-state index in [9.17, 15) is 9.59 Å². The van der Waals surface area contributed by atoms with E-state index in [-0.39, 0.29) is 17.5 Å². The lowest BCUT2D eigenvalue weighted by molar-refractivity contribution is -0.137. The van der Waals surface area contributed by atoms with E-state index in [0.717, 1.165) is 34.3 Å². The fraction of sp³-hybridized carbons (Fsp3) is 0.200. The Hall–Kier alpha value is -3.16. The summed E-state index contributed by atoms with van der Waals surface area (Å²) in [7, 11) is 0. The Bertz CT molecular complexity index is 1190. The van der Waals surface area contributed by atoms with Crippen LogP contribution in [-0.4, -0.2) is 33.2 Å². The van der Waals surface area contributed by atoms with E-state index in [1.165, 1.54) is 4.90 Å². The molecule has 3 aromatic rings. The zero-order chi connectivity index (χ0) is 23.4. The van der Waals surface area contributed by atoms with Crippen LogP contribution in [0.4, 0.5) is 0 Å². The van der Waals surface area contributed by atoms with Crippen LogP contribution in [0.25, 0.3) is 0 Å². The van der Waals surface area contributed by atoms with Crippen LogP contribution in [-0.2, 0) is 22.6 Å². The van der Waals surface area contributed by atoms with Crippen molar-refractivity contribution in [1.82, 2.24) is 20.2 Å². The Labute approximate surface area is 202 Å². The molecular formula is C25H23ClN4O2S. The highest BCUT2D eigenvalue weighted by Gasteiger charge is 2.39. The van der Waals surface area contributed by atoms with Gasteiger partial charge < -0.3 is 5.32 Å². The summed E-state index contributed by atoms with van der Waals surface area (Å²) in [6, 6.07) is 19.0. The second kappa shape index (κ2) is 10.2. The van der Waals surface area contributed by atoms with Gasteiger partial charge in [-0.3, -0.25) is 14.5 Å². The molecule has 1 N–H and O–H groups in total. The van der Waals surface area contributed by atoms with Gasteiger partial charge in [-0.1, -0.05) is 54.1 Å². The molecule has 33 heavy (non-hydrogen) atoms. The molecule has 4 rings (SSSR count). The fourth-order valence-electron chi connectivity index (χ4n) is 3.52. The van der Waals surface area contributed by atoms with Crippen molar-refractivity contribution in [2.45, 2.75) is 32.0 Å². The van der Waals surface area contributed by atoms with Crippen molar-refractivity contribution in [3.63, 3.8) is 0 Å². The third-order valence-electron chi connectivity index (χ3n) is 5.13. The van der Waals surface area contributed by atoms with Gasteiger partial charge in [0.2, 0.25) is 0 Å². The van der Waals surface area contributed by atoms with E-state index in [4.69, 9.17) is 11.6 Å². The number of hydrogen-bond acceptors (Lipinski definition) is 6. The van der Waals surface area contributed by atoms with Crippen LogP contribution in [0.3, 0.4) is 0 Å². The molecule has 168 valence electrons.